The van der Waals surface area contributed by atoms with Crippen LogP contribution in [0.15, 0.2) is 231 Å². The van der Waals surface area contributed by atoms with Crippen LogP contribution in [0.5, 0.6) is 0 Å². The second kappa shape index (κ2) is 21.7. The number of benzene rings is 12. The molecule has 4 heteroatoms. The van der Waals surface area contributed by atoms with Gasteiger partial charge in [0.25, 0.3) is 0 Å². The Labute approximate surface area is 509 Å². The molecular formula is C82H74N4. The van der Waals surface area contributed by atoms with Crippen LogP contribution in [0.1, 0.15) is 111 Å². The van der Waals surface area contributed by atoms with E-state index in [1.165, 1.54) is 43.8 Å². The van der Waals surface area contributed by atoms with Gasteiger partial charge in [0.05, 0.1) is 29.6 Å². The van der Waals surface area contributed by atoms with Crippen LogP contribution in [0.25, 0.3) is 81.7 Å². The Hall–Kier alpha value is -9.74. The molecule has 0 N–H and O–H groups in total. The van der Waals surface area contributed by atoms with Gasteiger partial charge in [0, 0.05) is 33.5 Å². The molecule has 0 amide bonds. The molecule has 4 nitrogen and oxygen atoms in total. The largest absolute Gasteiger partial charge is 0.310 e. The average Bonchev–Trinajstić information content (AvgIpc) is 0.775. The van der Waals surface area contributed by atoms with Crippen LogP contribution in [0.2, 0.25) is 0 Å². The van der Waals surface area contributed by atoms with E-state index >= 15 is 0 Å². The van der Waals surface area contributed by atoms with Gasteiger partial charge in [-0.15, -0.1) is 0 Å². The van der Waals surface area contributed by atoms with Crippen molar-refractivity contribution >= 4 is 72.1 Å². The fourth-order valence-electron chi connectivity index (χ4n) is 12.1. The second-order valence-corrected chi connectivity index (χ2v) is 27.4. The maximum Gasteiger partial charge on any atom is 0.187 e. The van der Waals surface area contributed by atoms with Gasteiger partial charge in [0.15, 0.2) is 5.69 Å². The predicted octanol–water partition coefficient (Wildman–Crippen LogP) is 23.8. The van der Waals surface area contributed by atoms with Crippen LogP contribution < -0.4 is 9.80 Å². The molecule has 0 fully saturated rings. The normalized spacial score (nSPS) is 12.2. The molecule has 422 valence electrons. The Balaban J connectivity index is 1.17. The highest BCUT2D eigenvalue weighted by atomic mass is 15.2. The van der Waals surface area contributed by atoms with Crippen LogP contribution >= 0.6 is 0 Å². The number of nitrogens with zero attached hydrogens (tertiary/aromatic N) is 4. The van der Waals surface area contributed by atoms with Gasteiger partial charge in [-0.3, -0.25) is 0 Å². The van der Waals surface area contributed by atoms with Gasteiger partial charge in [-0.25, -0.2) is 4.85 Å². The molecule has 0 radical (unpaired) electrons. The highest BCUT2D eigenvalue weighted by molar-refractivity contribution is 6.28. The Kier molecular flexibility index (Phi) is 14.3. The topological polar surface area (TPSA) is 34.6 Å². The van der Waals surface area contributed by atoms with Gasteiger partial charge in [0.1, 0.15) is 0 Å². The summed E-state index contributed by atoms with van der Waals surface area (Å²) in [4.78, 5) is 8.77. The average molecular weight is 1120 g/mol. The van der Waals surface area contributed by atoms with Gasteiger partial charge in [-0.1, -0.05) is 229 Å². The van der Waals surface area contributed by atoms with Gasteiger partial charge >= 0.3 is 0 Å². The SMILES string of the molecule is [C-]#[N+]c1ccc(-c2cc(-c3ccccc3)cc(N(c3cc(C(C)(C)C)cc(C(C)(C)C)c3)c3ccc4ccc5c(N(c6cc(-c7ccccc7)cc(-c7ccc(C#N)cc7)c6)c6cc(C(C)(C)C)cc(C(C)(C)C)c6)ccc6ccc3c4c65)c2)cc1. The standard InChI is InChI=1S/C82H74N4/c1-79(2,3)64-46-65(80(4,5)6)49-71(48-64)85(69-42-60(54-20-16-14-17-21-54)40-62(44-69)56-26-24-53(52-83)25-27-56)75-38-32-58-31-37-74-76(39-33-59-30-36-73(75)77(58)78(59)74)86(72-50-66(81(7,8)9)47-67(51-72)82(10,11)12)70-43-61(55-22-18-15-19-23-55)41-63(45-70)57-28-34-68(84-13)35-29-57/h14-51H,1-12H3. The van der Waals surface area contributed by atoms with Crippen molar-refractivity contribution in [3.63, 3.8) is 0 Å². The number of hydrogen-bond donors (Lipinski definition) is 0. The first-order valence-corrected chi connectivity index (χ1v) is 30.0. The lowest BCUT2D eigenvalue weighted by atomic mass is 9.80. The summed E-state index contributed by atoms with van der Waals surface area (Å²) < 4.78 is 0. The number of hydrogen-bond acceptors (Lipinski definition) is 3. The third-order valence-corrected chi connectivity index (χ3v) is 17.2. The van der Waals surface area contributed by atoms with E-state index in [-0.39, 0.29) is 21.7 Å². The molecule has 0 aromatic heterocycles. The molecule has 12 rings (SSSR count). The minimum absolute atomic E-state index is 0.141. The van der Waals surface area contributed by atoms with Crippen molar-refractivity contribution in [3.05, 3.63) is 270 Å². The number of nitriles is 1. The lowest BCUT2D eigenvalue weighted by Gasteiger charge is -2.33. The molecule has 12 aromatic rings. The number of anilines is 6. The highest BCUT2D eigenvalue weighted by Crippen LogP contribution is 2.51. The summed E-state index contributed by atoms with van der Waals surface area (Å²) >= 11 is 0. The monoisotopic (exact) mass is 1110 g/mol. The zero-order valence-electron chi connectivity index (χ0n) is 51.7. The third-order valence-electron chi connectivity index (χ3n) is 17.2. The molecule has 0 saturated heterocycles. The summed E-state index contributed by atoms with van der Waals surface area (Å²) in [7, 11) is 0. The summed E-state index contributed by atoms with van der Waals surface area (Å²) in [5.41, 5.74) is 20.8. The smallest absolute Gasteiger partial charge is 0.187 e. The Morgan fingerprint density at radius 2 is 0.640 bits per heavy atom. The Morgan fingerprint density at radius 3 is 0.965 bits per heavy atom. The van der Waals surface area contributed by atoms with Crippen molar-refractivity contribution in [2.75, 3.05) is 9.80 Å². The molecular weight excluding hydrogens is 1040 g/mol. The minimum atomic E-state index is -0.142. The van der Waals surface area contributed by atoms with E-state index in [0.717, 1.165) is 89.4 Å². The van der Waals surface area contributed by atoms with Crippen molar-refractivity contribution in [3.8, 4) is 50.6 Å². The molecule has 0 spiro atoms. The maximum atomic E-state index is 9.87. The molecule has 0 aliphatic carbocycles. The molecule has 0 bridgehead atoms. The summed E-state index contributed by atoms with van der Waals surface area (Å²) in [6.07, 6.45) is 0. The van der Waals surface area contributed by atoms with E-state index in [1.807, 2.05) is 24.3 Å². The molecule has 0 heterocycles. The van der Waals surface area contributed by atoms with Crippen molar-refractivity contribution < 1.29 is 0 Å². The first-order valence-electron chi connectivity index (χ1n) is 30.0. The van der Waals surface area contributed by atoms with Crippen LogP contribution in [-0.2, 0) is 21.7 Å². The lowest BCUT2D eigenvalue weighted by Crippen LogP contribution is -2.19. The van der Waals surface area contributed by atoms with Crippen molar-refractivity contribution in [1.29, 1.82) is 5.26 Å². The molecule has 0 saturated carbocycles. The second-order valence-electron chi connectivity index (χ2n) is 27.4. The third kappa shape index (κ3) is 11.0. The zero-order chi connectivity index (χ0) is 60.5. The Morgan fingerprint density at radius 1 is 0.326 bits per heavy atom. The quantitative estimate of drug-likeness (QED) is 0.101. The van der Waals surface area contributed by atoms with E-state index in [0.29, 0.717) is 11.3 Å². The molecule has 12 aromatic carbocycles. The van der Waals surface area contributed by atoms with Crippen LogP contribution in [0.3, 0.4) is 0 Å². The van der Waals surface area contributed by atoms with Crippen LogP contribution in [0.4, 0.5) is 39.8 Å². The van der Waals surface area contributed by atoms with E-state index in [9.17, 15) is 5.26 Å². The Bertz CT molecular complexity index is 4240. The van der Waals surface area contributed by atoms with E-state index in [1.54, 1.807) is 0 Å². The lowest BCUT2D eigenvalue weighted by molar-refractivity contribution is 0.568. The fraction of sp³-hybridized carbons (Fsp3) is 0.195. The first kappa shape index (κ1) is 56.7. The van der Waals surface area contributed by atoms with Crippen molar-refractivity contribution in [2.24, 2.45) is 0 Å². The van der Waals surface area contributed by atoms with Crippen LogP contribution in [-0.4, -0.2) is 0 Å². The van der Waals surface area contributed by atoms with E-state index < -0.39 is 0 Å². The van der Waals surface area contributed by atoms with Crippen molar-refractivity contribution in [1.82, 2.24) is 0 Å². The van der Waals surface area contributed by atoms with E-state index in [4.69, 9.17) is 6.57 Å². The van der Waals surface area contributed by atoms with Crippen molar-refractivity contribution in [2.45, 2.75) is 105 Å². The van der Waals surface area contributed by atoms with Gasteiger partial charge in [0.2, 0.25) is 0 Å². The summed E-state index contributed by atoms with van der Waals surface area (Å²) in [6, 6.07) is 86.8. The predicted molar refractivity (Wildman–Crippen MR) is 367 cm³/mol. The van der Waals surface area contributed by atoms with Gasteiger partial charge < -0.3 is 9.80 Å². The first-order chi connectivity index (χ1) is 41.0. The van der Waals surface area contributed by atoms with Gasteiger partial charge in [-0.2, -0.15) is 5.26 Å². The molecule has 0 unspecified atom stereocenters. The maximum absolute atomic E-state index is 9.87. The van der Waals surface area contributed by atoms with Gasteiger partial charge in [-0.05, 0) is 195 Å². The molecule has 86 heavy (non-hydrogen) atoms. The van der Waals surface area contributed by atoms with E-state index in [2.05, 4.69) is 310 Å². The number of rotatable bonds is 10. The molecule has 0 aliphatic rings. The molecule has 0 atom stereocenters. The zero-order valence-corrected chi connectivity index (χ0v) is 51.7. The summed E-state index contributed by atoms with van der Waals surface area (Å²) in [5.74, 6) is 0. The fourth-order valence-corrected chi connectivity index (χ4v) is 12.1. The highest BCUT2D eigenvalue weighted by Gasteiger charge is 2.29. The molecule has 0 aliphatic heterocycles. The summed E-state index contributed by atoms with van der Waals surface area (Å²) in [5, 5.41) is 16.9. The van der Waals surface area contributed by atoms with Crippen LogP contribution in [0, 0.1) is 17.9 Å². The summed E-state index contributed by atoms with van der Waals surface area (Å²) in [6.45, 7) is 35.6. The minimum Gasteiger partial charge on any atom is -0.310 e.